The molecule has 2 nitrogen and oxygen atoms in total. The fraction of sp³-hybridized carbons (Fsp3) is 0.182. The molecule has 1 aromatic rings. The highest BCUT2D eigenvalue weighted by atomic mass is 16.1. The number of hydrogen-bond acceptors (Lipinski definition) is 2. The lowest BCUT2D eigenvalue weighted by Gasteiger charge is -2.14. The number of hydrogen-bond donors (Lipinski definition) is 0. The van der Waals surface area contributed by atoms with Crippen molar-refractivity contribution in [2.24, 2.45) is 0 Å². The Kier molecular flexibility index (Phi) is 1.69. The van der Waals surface area contributed by atoms with Gasteiger partial charge in [-0.15, -0.1) is 0 Å². The highest BCUT2D eigenvalue weighted by Gasteiger charge is 2.20. The molecule has 2 rings (SSSR count). The predicted octanol–water partition coefficient (Wildman–Crippen LogP) is 1.79. The molecule has 1 aromatic carbocycles. The van der Waals surface area contributed by atoms with Gasteiger partial charge in [-0.1, -0.05) is 24.3 Å². The van der Waals surface area contributed by atoms with E-state index in [4.69, 9.17) is 0 Å². The molecule has 0 atom stereocenters. The van der Waals surface area contributed by atoms with Gasteiger partial charge in [-0.3, -0.25) is 4.79 Å². The number of fused-ring (bicyclic) bond motifs is 1. The molecule has 0 aromatic heterocycles. The van der Waals surface area contributed by atoms with E-state index in [1.54, 1.807) is 6.08 Å². The molecule has 0 fully saturated rings. The zero-order valence-electron chi connectivity index (χ0n) is 7.74. The molecule has 0 unspecified atom stereocenters. The summed E-state index contributed by atoms with van der Waals surface area (Å²) in [6.07, 6.45) is 1.69. The van der Waals surface area contributed by atoms with E-state index in [-0.39, 0.29) is 5.78 Å². The normalized spacial score (nSPS) is 14.0. The first kappa shape index (κ1) is 8.05. The number of rotatable bonds is 1. The van der Waals surface area contributed by atoms with Gasteiger partial charge in [-0.25, -0.2) is 0 Å². The summed E-state index contributed by atoms with van der Waals surface area (Å²) < 4.78 is 0. The van der Waals surface area contributed by atoms with E-state index in [1.165, 1.54) is 0 Å². The van der Waals surface area contributed by atoms with Crippen LogP contribution in [-0.2, 0) is 0 Å². The van der Waals surface area contributed by atoms with E-state index < -0.39 is 0 Å². The van der Waals surface area contributed by atoms with Gasteiger partial charge in [0.15, 0.2) is 5.78 Å². The number of nitrogens with zero attached hydrogens (tertiary/aromatic N) is 1. The molecule has 0 aliphatic heterocycles. The van der Waals surface area contributed by atoms with Crippen LogP contribution in [-0.4, -0.2) is 24.8 Å². The van der Waals surface area contributed by atoms with Crippen LogP contribution in [0, 0.1) is 0 Å². The second-order valence-electron chi connectivity index (χ2n) is 3.33. The van der Waals surface area contributed by atoms with E-state index in [2.05, 4.69) is 0 Å². The van der Waals surface area contributed by atoms with Crippen molar-refractivity contribution in [2.75, 3.05) is 14.1 Å². The number of benzene rings is 1. The van der Waals surface area contributed by atoms with Gasteiger partial charge in [0.05, 0.1) is 0 Å². The van der Waals surface area contributed by atoms with Crippen LogP contribution < -0.4 is 0 Å². The van der Waals surface area contributed by atoms with Gasteiger partial charge in [0, 0.05) is 37.0 Å². The van der Waals surface area contributed by atoms with Crippen LogP contribution in [0.4, 0.5) is 0 Å². The van der Waals surface area contributed by atoms with E-state index in [0.29, 0.717) is 0 Å². The highest BCUT2D eigenvalue weighted by molar-refractivity contribution is 6.16. The fourth-order valence-corrected chi connectivity index (χ4v) is 1.57. The van der Waals surface area contributed by atoms with Gasteiger partial charge in [0.25, 0.3) is 0 Å². The molecule has 0 saturated heterocycles. The van der Waals surface area contributed by atoms with Crippen LogP contribution in [0.15, 0.2) is 30.3 Å². The molecule has 2 heteroatoms. The summed E-state index contributed by atoms with van der Waals surface area (Å²) >= 11 is 0. The van der Waals surface area contributed by atoms with Gasteiger partial charge in [-0.2, -0.15) is 0 Å². The van der Waals surface area contributed by atoms with Crippen molar-refractivity contribution in [1.82, 2.24) is 4.90 Å². The van der Waals surface area contributed by atoms with Gasteiger partial charge in [0.2, 0.25) is 0 Å². The van der Waals surface area contributed by atoms with Crippen molar-refractivity contribution < 1.29 is 4.79 Å². The quantitative estimate of drug-likeness (QED) is 0.645. The number of ketones is 1. The summed E-state index contributed by atoms with van der Waals surface area (Å²) in [7, 11) is 3.89. The third-order valence-corrected chi connectivity index (χ3v) is 2.22. The highest BCUT2D eigenvalue weighted by Crippen LogP contribution is 2.27. The Bertz CT molecular complexity index is 391. The van der Waals surface area contributed by atoms with Crippen molar-refractivity contribution in [3.8, 4) is 0 Å². The number of allylic oxidation sites excluding steroid dienone is 1. The Hall–Kier alpha value is -1.57. The van der Waals surface area contributed by atoms with Crippen molar-refractivity contribution in [1.29, 1.82) is 0 Å². The van der Waals surface area contributed by atoms with Crippen LogP contribution in [0.5, 0.6) is 0 Å². The summed E-state index contributed by atoms with van der Waals surface area (Å²) in [6, 6.07) is 7.69. The van der Waals surface area contributed by atoms with Crippen molar-refractivity contribution >= 4 is 11.5 Å². The number of carbonyl (C=O) groups is 1. The van der Waals surface area contributed by atoms with Crippen LogP contribution in [0.2, 0.25) is 0 Å². The Morgan fingerprint density at radius 3 is 2.31 bits per heavy atom. The fourth-order valence-electron chi connectivity index (χ4n) is 1.57. The van der Waals surface area contributed by atoms with E-state index in [1.807, 2.05) is 43.3 Å². The lowest BCUT2D eigenvalue weighted by atomic mass is 10.1. The molecule has 13 heavy (non-hydrogen) atoms. The summed E-state index contributed by atoms with van der Waals surface area (Å²) in [6.45, 7) is 0. The zero-order valence-corrected chi connectivity index (χ0v) is 7.74. The topological polar surface area (TPSA) is 20.3 Å². The molecule has 0 saturated carbocycles. The Morgan fingerprint density at radius 2 is 1.69 bits per heavy atom. The first-order valence-corrected chi connectivity index (χ1v) is 4.23. The number of carbonyl (C=O) groups excluding carboxylic acids is 1. The smallest absolute Gasteiger partial charge is 0.188 e. The summed E-state index contributed by atoms with van der Waals surface area (Å²) in [5, 5.41) is 0. The maximum Gasteiger partial charge on any atom is 0.188 e. The average molecular weight is 173 g/mol. The minimum Gasteiger partial charge on any atom is -0.377 e. The van der Waals surface area contributed by atoms with Gasteiger partial charge in [-0.05, 0) is 0 Å². The van der Waals surface area contributed by atoms with E-state index >= 15 is 0 Å². The Labute approximate surface area is 77.5 Å². The molecular weight excluding hydrogens is 162 g/mol. The van der Waals surface area contributed by atoms with Gasteiger partial charge in [0.1, 0.15) is 0 Å². The largest absolute Gasteiger partial charge is 0.377 e. The van der Waals surface area contributed by atoms with Crippen molar-refractivity contribution in [3.05, 3.63) is 41.5 Å². The minimum atomic E-state index is 0.110. The SMILES string of the molecule is CN(C)C1=CC(=O)c2ccccc21. The third-order valence-electron chi connectivity index (χ3n) is 2.22. The molecule has 66 valence electrons. The second kappa shape index (κ2) is 2.73. The molecule has 0 bridgehead atoms. The monoisotopic (exact) mass is 173 g/mol. The lowest BCUT2D eigenvalue weighted by molar-refractivity contribution is 0.104. The van der Waals surface area contributed by atoms with Crippen molar-refractivity contribution in [3.63, 3.8) is 0 Å². The molecule has 0 N–H and O–H groups in total. The predicted molar refractivity (Wildman–Crippen MR) is 52.4 cm³/mol. The Morgan fingerprint density at radius 1 is 1.08 bits per heavy atom. The third kappa shape index (κ3) is 1.15. The van der Waals surface area contributed by atoms with Crippen LogP contribution in [0.25, 0.3) is 5.70 Å². The van der Waals surface area contributed by atoms with E-state index in [0.717, 1.165) is 16.8 Å². The molecule has 1 aliphatic rings. The minimum absolute atomic E-state index is 0.110. The van der Waals surface area contributed by atoms with Crippen LogP contribution in [0.1, 0.15) is 15.9 Å². The van der Waals surface area contributed by atoms with Gasteiger partial charge >= 0.3 is 0 Å². The lowest BCUT2D eigenvalue weighted by Crippen LogP contribution is -2.08. The average Bonchev–Trinajstić information content (AvgIpc) is 2.45. The second-order valence-corrected chi connectivity index (χ2v) is 3.33. The Balaban J connectivity index is 2.58. The molecule has 0 amide bonds. The summed E-state index contributed by atoms with van der Waals surface area (Å²) in [5.74, 6) is 0.110. The maximum atomic E-state index is 11.5. The molecule has 1 aliphatic carbocycles. The standard InChI is InChI=1S/C11H11NO/c1-12(2)10-7-11(13)9-6-4-3-5-8(9)10/h3-7H,1-2H3. The first-order chi connectivity index (χ1) is 6.20. The molecule has 0 radical (unpaired) electrons. The molecule has 0 heterocycles. The molecule has 0 spiro atoms. The molecular formula is C11H11NO. The summed E-state index contributed by atoms with van der Waals surface area (Å²) in [4.78, 5) is 13.4. The van der Waals surface area contributed by atoms with Crippen LogP contribution >= 0.6 is 0 Å². The van der Waals surface area contributed by atoms with Crippen LogP contribution in [0.3, 0.4) is 0 Å². The first-order valence-electron chi connectivity index (χ1n) is 4.23. The van der Waals surface area contributed by atoms with Gasteiger partial charge < -0.3 is 4.90 Å². The van der Waals surface area contributed by atoms with Crippen molar-refractivity contribution in [2.45, 2.75) is 0 Å². The van der Waals surface area contributed by atoms with E-state index in [9.17, 15) is 4.79 Å². The maximum absolute atomic E-state index is 11.5. The zero-order chi connectivity index (χ0) is 9.42. The summed E-state index contributed by atoms with van der Waals surface area (Å²) in [5.41, 5.74) is 2.85.